The van der Waals surface area contributed by atoms with E-state index in [-0.39, 0.29) is 6.10 Å². The molecule has 0 fully saturated rings. The first-order valence-corrected chi connectivity index (χ1v) is 7.25. The minimum atomic E-state index is 0.130. The minimum Gasteiger partial charge on any atom is -0.377 e. The van der Waals surface area contributed by atoms with E-state index in [1.165, 1.54) is 0 Å². The molecule has 6 heteroatoms. The first-order chi connectivity index (χ1) is 9.12. The molecule has 0 aliphatic rings. The second kappa shape index (κ2) is 5.92. The van der Waals surface area contributed by atoms with E-state index in [1.54, 1.807) is 0 Å². The fraction of sp³-hybridized carbons (Fsp3) is 0.692. The van der Waals surface area contributed by atoms with E-state index in [0.717, 1.165) is 35.8 Å². The highest BCUT2D eigenvalue weighted by atomic mass is 35.5. The summed E-state index contributed by atoms with van der Waals surface area (Å²) in [6.07, 6.45) is 0.130. The average Bonchev–Trinajstić information content (AvgIpc) is 2.89. The molecule has 1 atom stereocenters. The van der Waals surface area contributed by atoms with Gasteiger partial charge in [0.2, 0.25) is 0 Å². The molecule has 2 aromatic rings. The highest BCUT2D eigenvalue weighted by Gasteiger charge is 2.19. The molecule has 0 aromatic carbocycles. The lowest BCUT2D eigenvalue weighted by atomic mass is 10.4. The molecule has 1 unspecified atom stereocenters. The third-order valence-electron chi connectivity index (χ3n) is 3.19. The standard InChI is InChI=1S/C13H21ClN4O/c1-5-18-13-12(10(4)16-18)15-11(7-14)17(13)8-9(3)19-6-2/h9H,5-8H2,1-4H3. The SMILES string of the molecule is CCOC(C)Cn1c(CCl)nc2c(C)nn(CC)c21. The van der Waals surface area contributed by atoms with Crippen molar-refractivity contribution in [3.8, 4) is 0 Å². The van der Waals surface area contributed by atoms with E-state index < -0.39 is 0 Å². The van der Waals surface area contributed by atoms with Crippen LogP contribution in [-0.4, -0.2) is 32.0 Å². The summed E-state index contributed by atoms with van der Waals surface area (Å²) < 4.78 is 9.73. The number of rotatable bonds is 6. The lowest BCUT2D eigenvalue weighted by molar-refractivity contribution is 0.0641. The molecule has 2 heterocycles. The van der Waals surface area contributed by atoms with Gasteiger partial charge in [0.05, 0.1) is 24.2 Å². The molecule has 0 aliphatic heterocycles. The van der Waals surface area contributed by atoms with Gasteiger partial charge in [-0.15, -0.1) is 11.6 Å². The van der Waals surface area contributed by atoms with Gasteiger partial charge in [0.1, 0.15) is 11.3 Å². The van der Waals surface area contributed by atoms with Crippen LogP contribution in [0.4, 0.5) is 0 Å². The van der Waals surface area contributed by atoms with Crippen LogP contribution in [0.5, 0.6) is 0 Å². The summed E-state index contributed by atoms with van der Waals surface area (Å²) in [4.78, 5) is 4.60. The Balaban J connectivity index is 2.49. The van der Waals surface area contributed by atoms with Crippen molar-refractivity contribution in [3.63, 3.8) is 0 Å². The van der Waals surface area contributed by atoms with Crippen molar-refractivity contribution < 1.29 is 4.74 Å². The number of aryl methyl sites for hydroxylation is 2. The number of fused-ring (bicyclic) bond motifs is 1. The fourth-order valence-corrected chi connectivity index (χ4v) is 2.58. The predicted octanol–water partition coefficient (Wildman–Crippen LogP) is 2.72. The number of halogens is 1. The maximum atomic E-state index is 6.02. The molecule has 0 bridgehead atoms. The van der Waals surface area contributed by atoms with Crippen molar-refractivity contribution in [2.24, 2.45) is 0 Å². The van der Waals surface area contributed by atoms with Gasteiger partial charge in [-0.25, -0.2) is 9.67 Å². The van der Waals surface area contributed by atoms with Gasteiger partial charge in [-0.1, -0.05) is 0 Å². The van der Waals surface area contributed by atoms with Crippen LogP contribution in [0.2, 0.25) is 0 Å². The molecule has 0 aliphatic carbocycles. The van der Waals surface area contributed by atoms with Gasteiger partial charge in [0, 0.05) is 13.2 Å². The lowest BCUT2D eigenvalue weighted by Gasteiger charge is -2.15. The Labute approximate surface area is 118 Å². The molecule has 0 spiro atoms. The maximum absolute atomic E-state index is 6.02. The summed E-state index contributed by atoms with van der Waals surface area (Å²) in [5.74, 6) is 1.28. The number of hydrogen-bond donors (Lipinski definition) is 0. The highest BCUT2D eigenvalue weighted by molar-refractivity contribution is 6.16. The van der Waals surface area contributed by atoms with Gasteiger partial charge in [-0.3, -0.25) is 0 Å². The molecule has 5 nitrogen and oxygen atoms in total. The van der Waals surface area contributed by atoms with Gasteiger partial charge in [0.25, 0.3) is 0 Å². The number of aromatic nitrogens is 4. The molecule has 0 radical (unpaired) electrons. The van der Waals surface area contributed by atoms with E-state index in [1.807, 2.05) is 18.5 Å². The normalized spacial score (nSPS) is 13.3. The van der Waals surface area contributed by atoms with E-state index in [2.05, 4.69) is 28.5 Å². The van der Waals surface area contributed by atoms with Crippen molar-refractivity contribution in [3.05, 3.63) is 11.5 Å². The quantitative estimate of drug-likeness (QED) is 0.766. The van der Waals surface area contributed by atoms with Crippen molar-refractivity contribution >= 4 is 22.8 Å². The summed E-state index contributed by atoms with van der Waals surface area (Å²) >= 11 is 6.02. The van der Waals surface area contributed by atoms with Gasteiger partial charge < -0.3 is 9.30 Å². The molecular formula is C13H21ClN4O. The molecule has 106 valence electrons. The van der Waals surface area contributed by atoms with Crippen LogP contribution in [-0.2, 0) is 23.7 Å². The van der Waals surface area contributed by atoms with Gasteiger partial charge >= 0.3 is 0 Å². The highest BCUT2D eigenvalue weighted by Crippen LogP contribution is 2.21. The van der Waals surface area contributed by atoms with E-state index >= 15 is 0 Å². The number of nitrogens with zero attached hydrogens (tertiary/aromatic N) is 4. The minimum absolute atomic E-state index is 0.130. The molecule has 0 amide bonds. The maximum Gasteiger partial charge on any atom is 0.159 e. The Bertz CT molecular complexity index is 560. The summed E-state index contributed by atoms with van der Waals surface area (Å²) in [5, 5.41) is 4.51. The van der Waals surface area contributed by atoms with Gasteiger partial charge in [0.15, 0.2) is 5.65 Å². The van der Waals surface area contributed by atoms with Crippen molar-refractivity contribution in [1.29, 1.82) is 0 Å². The number of alkyl halides is 1. The van der Waals surface area contributed by atoms with Crippen molar-refractivity contribution in [2.75, 3.05) is 6.61 Å². The fourth-order valence-electron chi connectivity index (χ4n) is 2.38. The Kier molecular flexibility index (Phi) is 4.47. The van der Waals surface area contributed by atoms with E-state index in [9.17, 15) is 0 Å². The topological polar surface area (TPSA) is 44.9 Å². The zero-order valence-corrected chi connectivity index (χ0v) is 12.7. The molecule has 2 rings (SSSR count). The lowest BCUT2D eigenvalue weighted by Crippen LogP contribution is -2.19. The number of ether oxygens (including phenoxy) is 1. The molecule has 2 aromatic heterocycles. The first-order valence-electron chi connectivity index (χ1n) is 6.72. The number of hydrogen-bond acceptors (Lipinski definition) is 3. The first kappa shape index (κ1) is 14.3. The Morgan fingerprint density at radius 2 is 2.11 bits per heavy atom. The molecule has 0 N–H and O–H groups in total. The van der Waals surface area contributed by atoms with E-state index in [0.29, 0.717) is 12.5 Å². The van der Waals surface area contributed by atoms with Crippen LogP contribution in [0.15, 0.2) is 0 Å². The number of imidazole rings is 1. The van der Waals surface area contributed by atoms with Gasteiger partial charge in [-0.2, -0.15) is 5.10 Å². The Morgan fingerprint density at radius 3 is 2.68 bits per heavy atom. The van der Waals surface area contributed by atoms with Crippen molar-refractivity contribution in [1.82, 2.24) is 19.3 Å². The predicted molar refractivity (Wildman–Crippen MR) is 76.6 cm³/mol. The zero-order valence-electron chi connectivity index (χ0n) is 12.0. The summed E-state index contributed by atoms with van der Waals surface area (Å²) in [7, 11) is 0. The summed E-state index contributed by atoms with van der Waals surface area (Å²) in [6, 6.07) is 0. The molecular weight excluding hydrogens is 264 g/mol. The second-order valence-corrected chi connectivity index (χ2v) is 4.88. The largest absolute Gasteiger partial charge is 0.377 e. The van der Waals surface area contributed by atoms with Gasteiger partial charge in [-0.05, 0) is 27.7 Å². The van der Waals surface area contributed by atoms with Crippen LogP contribution in [0.25, 0.3) is 11.2 Å². The van der Waals surface area contributed by atoms with Crippen LogP contribution in [0.1, 0.15) is 32.3 Å². The monoisotopic (exact) mass is 284 g/mol. The molecule has 0 saturated heterocycles. The van der Waals surface area contributed by atoms with Crippen LogP contribution >= 0.6 is 11.6 Å². The third-order valence-corrected chi connectivity index (χ3v) is 3.43. The molecule has 0 saturated carbocycles. The zero-order chi connectivity index (χ0) is 14.0. The second-order valence-electron chi connectivity index (χ2n) is 4.61. The smallest absolute Gasteiger partial charge is 0.159 e. The van der Waals surface area contributed by atoms with E-state index in [4.69, 9.17) is 16.3 Å². The Morgan fingerprint density at radius 1 is 1.37 bits per heavy atom. The van der Waals surface area contributed by atoms with Crippen LogP contribution in [0.3, 0.4) is 0 Å². The average molecular weight is 285 g/mol. The third kappa shape index (κ3) is 2.62. The van der Waals surface area contributed by atoms with Crippen LogP contribution < -0.4 is 0 Å². The van der Waals surface area contributed by atoms with Crippen LogP contribution in [0, 0.1) is 6.92 Å². The Hall–Kier alpha value is -1.07. The summed E-state index contributed by atoms with van der Waals surface area (Å²) in [5.41, 5.74) is 2.94. The van der Waals surface area contributed by atoms with Crippen molar-refractivity contribution in [2.45, 2.75) is 52.8 Å². The summed E-state index contributed by atoms with van der Waals surface area (Å²) in [6.45, 7) is 10.4. The molecule has 19 heavy (non-hydrogen) atoms.